The SMILES string of the molecule is CCC(C)[C@H](NC(=O)[C@H](C)NC(=O)[C@H](CCCN=C(N)N)NC(=O)[C@H](CCCCN)NC(=O)[C@H](CCCCN)NC(=O)CNC(=O)C1CCCN1)C(=O)N[C@H](C(=O)O)C(C)C. The molecule has 1 heterocycles. The van der Waals surface area contributed by atoms with E-state index in [9.17, 15) is 43.5 Å². The third-order valence-electron chi connectivity index (χ3n) is 10.3. The maximum absolute atomic E-state index is 13.9. The molecule has 0 aromatic carbocycles. The van der Waals surface area contributed by atoms with Crippen LogP contribution in [-0.2, 0) is 38.4 Å². The summed E-state index contributed by atoms with van der Waals surface area (Å²) >= 11 is 0. The summed E-state index contributed by atoms with van der Waals surface area (Å²) < 4.78 is 0. The lowest BCUT2D eigenvalue weighted by atomic mass is 9.96. The van der Waals surface area contributed by atoms with E-state index in [4.69, 9.17) is 22.9 Å². The number of guanidine groups is 1. The highest BCUT2D eigenvalue weighted by Crippen LogP contribution is 2.12. The van der Waals surface area contributed by atoms with Crippen LogP contribution in [0.3, 0.4) is 0 Å². The second-order valence-electron chi connectivity index (χ2n) is 15.8. The molecule has 0 saturated carbocycles. The van der Waals surface area contributed by atoms with Crippen LogP contribution in [0.15, 0.2) is 4.99 Å². The maximum Gasteiger partial charge on any atom is 0.326 e. The molecule has 8 atom stereocenters. The van der Waals surface area contributed by atoms with Crippen LogP contribution in [0.25, 0.3) is 0 Å². The first-order chi connectivity index (χ1) is 28.9. The van der Waals surface area contributed by atoms with Crippen LogP contribution in [0.2, 0.25) is 0 Å². The number of amides is 7. The van der Waals surface area contributed by atoms with Crippen molar-refractivity contribution in [2.45, 2.75) is 148 Å². The first-order valence-electron chi connectivity index (χ1n) is 21.4. The van der Waals surface area contributed by atoms with E-state index in [2.05, 4.69) is 47.5 Å². The Labute approximate surface area is 358 Å². The molecule has 0 radical (unpaired) electrons. The highest BCUT2D eigenvalue weighted by atomic mass is 16.4. The zero-order valence-corrected chi connectivity index (χ0v) is 36.5. The number of carboxylic acids is 1. The molecule has 1 aliphatic rings. The average Bonchev–Trinajstić information content (AvgIpc) is 3.76. The molecule has 1 aliphatic heterocycles. The number of hydrogen-bond donors (Lipinski definition) is 13. The molecule has 0 aliphatic carbocycles. The first-order valence-corrected chi connectivity index (χ1v) is 21.4. The van der Waals surface area contributed by atoms with Crippen molar-refractivity contribution in [3.63, 3.8) is 0 Å². The van der Waals surface area contributed by atoms with Crippen LogP contribution in [0.5, 0.6) is 0 Å². The number of aliphatic carboxylic acids is 1. The fraction of sp³-hybridized carbons (Fsp3) is 0.769. The van der Waals surface area contributed by atoms with Crippen molar-refractivity contribution in [1.29, 1.82) is 0 Å². The Hall–Kier alpha value is -5.09. The van der Waals surface area contributed by atoms with Gasteiger partial charge in [-0.25, -0.2) is 4.79 Å². The minimum Gasteiger partial charge on any atom is -0.480 e. The lowest BCUT2D eigenvalue weighted by Crippen LogP contribution is -2.60. The molecule has 1 rings (SSSR count). The number of carbonyl (C=O) groups is 8. The molecule has 2 unspecified atom stereocenters. The monoisotopic (exact) mass is 868 g/mol. The Morgan fingerprint density at radius 3 is 1.69 bits per heavy atom. The summed E-state index contributed by atoms with van der Waals surface area (Å²) in [5.41, 5.74) is 22.3. The van der Waals surface area contributed by atoms with Crippen LogP contribution in [0.4, 0.5) is 0 Å². The van der Waals surface area contributed by atoms with Crippen molar-refractivity contribution in [3.8, 4) is 0 Å². The number of nitrogens with zero attached hydrogens (tertiary/aromatic N) is 1. The normalized spacial score (nSPS) is 17.0. The molecule has 1 fully saturated rings. The van der Waals surface area contributed by atoms with Crippen molar-refractivity contribution in [2.75, 3.05) is 32.7 Å². The van der Waals surface area contributed by atoms with E-state index in [0.29, 0.717) is 58.2 Å². The van der Waals surface area contributed by atoms with Gasteiger partial charge in [0.15, 0.2) is 5.96 Å². The minimum atomic E-state index is -1.25. The van der Waals surface area contributed by atoms with Gasteiger partial charge in [0, 0.05) is 6.54 Å². The molecule has 0 spiro atoms. The quantitative estimate of drug-likeness (QED) is 0.0193. The lowest BCUT2D eigenvalue weighted by Gasteiger charge is -2.28. The Morgan fingerprint density at radius 2 is 1.21 bits per heavy atom. The molecule has 0 aromatic heterocycles. The predicted octanol–water partition coefficient (Wildman–Crippen LogP) is -3.12. The molecule has 7 amide bonds. The molecular weight excluding hydrogens is 795 g/mol. The second-order valence-corrected chi connectivity index (χ2v) is 15.8. The first kappa shape index (κ1) is 53.9. The summed E-state index contributed by atoms with van der Waals surface area (Å²) in [4.78, 5) is 109. The number of nitrogens with one attached hydrogen (secondary N) is 8. The summed E-state index contributed by atoms with van der Waals surface area (Å²) in [6.07, 6.45) is 4.48. The molecule has 61 heavy (non-hydrogen) atoms. The highest BCUT2D eigenvalue weighted by molar-refractivity contribution is 5.97. The van der Waals surface area contributed by atoms with Crippen LogP contribution in [0, 0.1) is 11.8 Å². The molecule has 0 aromatic rings. The molecule has 22 heteroatoms. The van der Waals surface area contributed by atoms with E-state index in [1.54, 1.807) is 27.7 Å². The summed E-state index contributed by atoms with van der Waals surface area (Å²) in [6.45, 7) is 9.29. The van der Waals surface area contributed by atoms with Crippen LogP contribution >= 0.6 is 0 Å². The standard InChI is InChI=1S/C39H73N13O9/c1-6-23(4)31(37(59)51-30(22(2)3)38(60)61)52-32(54)24(5)47-34(56)28(16-12-20-45-39(42)43)50-36(58)27(14-8-10-18-41)49-35(57)26(13-7-9-17-40)48-29(53)21-46-33(55)25-15-11-19-44-25/h22-28,30-31,44H,6-21,40-41H2,1-5H3,(H,46,55)(H,47,56)(H,48,53)(H,49,57)(H,50,58)(H,51,59)(H,52,54)(H,60,61)(H4,42,43,45)/t23?,24-,25?,26-,27-,28-,30-,31-/m0/s1. The van der Waals surface area contributed by atoms with Gasteiger partial charge in [0.05, 0.1) is 12.6 Å². The summed E-state index contributed by atoms with van der Waals surface area (Å²) in [5.74, 6) is -6.75. The van der Waals surface area contributed by atoms with E-state index in [1.165, 1.54) is 6.92 Å². The Balaban J connectivity index is 3.24. The van der Waals surface area contributed by atoms with E-state index >= 15 is 0 Å². The van der Waals surface area contributed by atoms with Crippen molar-refractivity contribution in [2.24, 2.45) is 39.8 Å². The smallest absolute Gasteiger partial charge is 0.326 e. The Morgan fingerprint density at radius 1 is 0.689 bits per heavy atom. The highest BCUT2D eigenvalue weighted by Gasteiger charge is 2.34. The molecular formula is C39H73N13O9. The third kappa shape index (κ3) is 20.8. The summed E-state index contributed by atoms with van der Waals surface area (Å²) in [6, 6.07) is -7.44. The fourth-order valence-corrected chi connectivity index (χ4v) is 6.40. The number of aliphatic imine (C=N–C) groups is 1. The summed E-state index contributed by atoms with van der Waals surface area (Å²) in [5, 5.41) is 31.0. The molecule has 1 saturated heterocycles. The van der Waals surface area contributed by atoms with Gasteiger partial charge in [0.1, 0.15) is 36.3 Å². The fourth-order valence-electron chi connectivity index (χ4n) is 6.40. The predicted molar refractivity (Wildman–Crippen MR) is 229 cm³/mol. The summed E-state index contributed by atoms with van der Waals surface area (Å²) in [7, 11) is 0. The van der Waals surface area contributed by atoms with Gasteiger partial charge in [-0.15, -0.1) is 0 Å². The van der Waals surface area contributed by atoms with Gasteiger partial charge in [-0.3, -0.25) is 38.6 Å². The van der Waals surface area contributed by atoms with Crippen LogP contribution in [-0.4, -0.2) is 133 Å². The number of carbonyl (C=O) groups excluding carboxylic acids is 7. The van der Waals surface area contributed by atoms with E-state index < -0.39 is 95.5 Å². The van der Waals surface area contributed by atoms with Gasteiger partial charge in [-0.2, -0.15) is 0 Å². The largest absolute Gasteiger partial charge is 0.480 e. The minimum absolute atomic E-state index is 0.00963. The van der Waals surface area contributed by atoms with Crippen LogP contribution in [0.1, 0.15) is 105 Å². The number of carboxylic acid groups (broad SMARTS) is 1. The van der Waals surface area contributed by atoms with Gasteiger partial charge < -0.3 is 70.6 Å². The maximum atomic E-state index is 13.9. The number of nitrogens with two attached hydrogens (primary N) is 4. The zero-order chi connectivity index (χ0) is 46.1. The Bertz CT molecular complexity index is 1470. The van der Waals surface area contributed by atoms with E-state index in [-0.39, 0.29) is 50.6 Å². The Kier molecular flexibility index (Phi) is 25.8. The van der Waals surface area contributed by atoms with Crippen LogP contribution < -0.4 is 65.5 Å². The topological polar surface area (TPSA) is 369 Å². The third-order valence-corrected chi connectivity index (χ3v) is 10.3. The van der Waals surface area contributed by atoms with Gasteiger partial charge in [-0.1, -0.05) is 34.1 Å². The second kappa shape index (κ2) is 29.2. The number of hydrogen-bond acceptors (Lipinski definition) is 12. The molecule has 22 nitrogen and oxygen atoms in total. The number of unbranched alkanes of at least 4 members (excludes halogenated alkanes) is 2. The zero-order valence-electron chi connectivity index (χ0n) is 36.5. The van der Waals surface area contributed by atoms with Crippen molar-refractivity contribution in [3.05, 3.63) is 0 Å². The van der Waals surface area contributed by atoms with Gasteiger partial charge >= 0.3 is 5.97 Å². The number of rotatable bonds is 30. The molecule has 17 N–H and O–H groups in total. The van der Waals surface area contributed by atoms with Crippen molar-refractivity contribution in [1.82, 2.24) is 42.5 Å². The lowest BCUT2D eigenvalue weighted by molar-refractivity contribution is -0.144. The van der Waals surface area contributed by atoms with E-state index in [0.717, 1.165) is 6.42 Å². The van der Waals surface area contributed by atoms with Crippen molar-refractivity contribution < 1.29 is 43.5 Å². The van der Waals surface area contributed by atoms with Crippen molar-refractivity contribution >= 4 is 53.3 Å². The average molecular weight is 868 g/mol. The van der Waals surface area contributed by atoms with Gasteiger partial charge in [0.2, 0.25) is 41.4 Å². The van der Waals surface area contributed by atoms with E-state index in [1.807, 2.05) is 0 Å². The van der Waals surface area contributed by atoms with Gasteiger partial charge in [0.25, 0.3) is 0 Å². The molecule has 0 bridgehead atoms. The molecule has 348 valence electrons. The van der Waals surface area contributed by atoms with Gasteiger partial charge in [-0.05, 0) is 103 Å².